The van der Waals surface area contributed by atoms with E-state index in [4.69, 9.17) is 0 Å². The molecule has 1 fully saturated rings. The molecule has 0 saturated carbocycles. The maximum atomic E-state index is 11.5. The summed E-state index contributed by atoms with van der Waals surface area (Å²) >= 11 is 0. The SMILES string of the molecule is CNC(=O)c1cc(N2CCCC(C=O)C2)ccn1. The van der Waals surface area contributed by atoms with Gasteiger partial charge in [-0.2, -0.15) is 0 Å². The van der Waals surface area contributed by atoms with Gasteiger partial charge in [0.1, 0.15) is 12.0 Å². The first kappa shape index (κ1) is 12.5. The number of aromatic nitrogens is 1. The number of carbonyl (C=O) groups is 2. The minimum Gasteiger partial charge on any atom is -0.371 e. The van der Waals surface area contributed by atoms with E-state index < -0.39 is 0 Å². The Kier molecular flexibility index (Phi) is 3.92. The van der Waals surface area contributed by atoms with Crippen LogP contribution in [0.3, 0.4) is 0 Å². The van der Waals surface area contributed by atoms with Crippen LogP contribution < -0.4 is 10.2 Å². The van der Waals surface area contributed by atoms with Crippen LogP contribution in [0.25, 0.3) is 0 Å². The van der Waals surface area contributed by atoms with Crippen LogP contribution in [0.2, 0.25) is 0 Å². The summed E-state index contributed by atoms with van der Waals surface area (Å²) in [6, 6.07) is 3.64. The molecule has 0 aromatic carbocycles. The minimum atomic E-state index is -0.194. The predicted molar refractivity (Wildman–Crippen MR) is 68.6 cm³/mol. The number of amides is 1. The monoisotopic (exact) mass is 247 g/mol. The van der Waals surface area contributed by atoms with E-state index in [0.717, 1.165) is 37.9 Å². The first-order valence-corrected chi connectivity index (χ1v) is 6.13. The lowest BCUT2D eigenvalue weighted by Crippen LogP contribution is -2.36. The van der Waals surface area contributed by atoms with E-state index in [1.165, 1.54) is 0 Å². The highest BCUT2D eigenvalue weighted by Gasteiger charge is 2.20. The Balaban J connectivity index is 2.17. The van der Waals surface area contributed by atoms with Crippen LogP contribution in [0.5, 0.6) is 0 Å². The fourth-order valence-corrected chi connectivity index (χ4v) is 2.22. The Labute approximate surface area is 106 Å². The summed E-state index contributed by atoms with van der Waals surface area (Å²) in [5.41, 5.74) is 1.36. The molecule has 2 rings (SSSR count). The van der Waals surface area contributed by atoms with Crippen LogP contribution >= 0.6 is 0 Å². The first-order chi connectivity index (χ1) is 8.74. The lowest BCUT2D eigenvalue weighted by atomic mass is 9.99. The van der Waals surface area contributed by atoms with E-state index in [-0.39, 0.29) is 11.8 Å². The van der Waals surface area contributed by atoms with E-state index in [1.54, 1.807) is 19.3 Å². The number of nitrogens with zero attached hydrogens (tertiary/aromatic N) is 2. The Morgan fingerprint density at radius 2 is 2.44 bits per heavy atom. The van der Waals surface area contributed by atoms with E-state index in [1.807, 2.05) is 6.07 Å². The van der Waals surface area contributed by atoms with Gasteiger partial charge in [0.2, 0.25) is 0 Å². The van der Waals surface area contributed by atoms with Crippen molar-refractivity contribution in [2.75, 3.05) is 25.0 Å². The third kappa shape index (κ3) is 2.67. The molecule has 0 spiro atoms. The van der Waals surface area contributed by atoms with Crippen molar-refractivity contribution < 1.29 is 9.59 Å². The minimum absolute atomic E-state index is 0.0929. The van der Waals surface area contributed by atoms with Crippen molar-refractivity contribution in [3.8, 4) is 0 Å². The Hall–Kier alpha value is -1.91. The largest absolute Gasteiger partial charge is 0.371 e. The lowest BCUT2D eigenvalue weighted by molar-refractivity contribution is -0.111. The number of hydrogen-bond acceptors (Lipinski definition) is 4. The van der Waals surface area contributed by atoms with Crippen LogP contribution in [-0.2, 0) is 4.79 Å². The molecule has 5 heteroatoms. The fraction of sp³-hybridized carbons (Fsp3) is 0.462. The molecule has 1 unspecified atom stereocenters. The van der Waals surface area contributed by atoms with Gasteiger partial charge in [-0.3, -0.25) is 9.78 Å². The number of anilines is 1. The summed E-state index contributed by atoms with van der Waals surface area (Å²) in [5, 5.41) is 2.56. The molecule has 1 saturated heterocycles. The standard InChI is InChI=1S/C13H17N3O2/c1-14-13(18)12-7-11(4-5-15-12)16-6-2-3-10(8-16)9-17/h4-5,7,9-10H,2-3,6,8H2,1H3,(H,14,18). The topological polar surface area (TPSA) is 62.3 Å². The maximum Gasteiger partial charge on any atom is 0.269 e. The molecular formula is C13H17N3O2. The molecule has 0 bridgehead atoms. The highest BCUT2D eigenvalue weighted by Crippen LogP contribution is 2.22. The van der Waals surface area contributed by atoms with Gasteiger partial charge in [-0.15, -0.1) is 0 Å². The summed E-state index contributed by atoms with van der Waals surface area (Å²) in [5.74, 6) is -0.101. The third-order valence-electron chi connectivity index (χ3n) is 3.22. The van der Waals surface area contributed by atoms with Crippen molar-refractivity contribution in [2.24, 2.45) is 5.92 Å². The van der Waals surface area contributed by atoms with Crippen LogP contribution in [0.15, 0.2) is 18.3 Å². The second-order valence-electron chi connectivity index (χ2n) is 4.46. The second kappa shape index (κ2) is 5.62. The van der Waals surface area contributed by atoms with Gasteiger partial charge in [0.25, 0.3) is 5.91 Å². The smallest absolute Gasteiger partial charge is 0.269 e. The highest BCUT2D eigenvalue weighted by atomic mass is 16.1. The zero-order chi connectivity index (χ0) is 13.0. The zero-order valence-electron chi connectivity index (χ0n) is 10.4. The molecule has 1 aliphatic heterocycles. The van der Waals surface area contributed by atoms with Crippen LogP contribution in [0.4, 0.5) is 5.69 Å². The number of nitrogens with one attached hydrogen (secondary N) is 1. The lowest BCUT2D eigenvalue weighted by Gasteiger charge is -2.32. The third-order valence-corrected chi connectivity index (χ3v) is 3.22. The van der Waals surface area contributed by atoms with Gasteiger partial charge in [0.15, 0.2) is 0 Å². The molecule has 18 heavy (non-hydrogen) atoms. The van der Waals surface area contributed by atoms with Crippen LogP contribution in [-0.4, -0.2) is 37.3 Å². The maximum absolute atomic E-state index is 11.5. The first-order valence-electron chi connectivity index (χ1n) is 6.13. The Morgan fingerprint density at radius 3 is 3.17 bits per heavy atom. The summed E-state index contributed by atoms with van der Waals surface area (Å²) in [7, 11) is 1.58. The number of carbonyl (C=O) groups excluding carboxylic acids is 2. The van der Waals surface area contributed by atoms with E-state index in [2.05, 4.69) is 15.2 Å². The molecule has 0 radical (unpaired) electrons. The number of hydrogen-bond donors (Lipinski definition) is 1. The van der Waals surface area contributed by atoms with Crippen LogP contribution in [0.1, 0.15) is 23.3 Å². The van der Waals surface area contributed by atoms with Crippen molar-refractivity contribution in [1.29, 1.82) is 0 Å². The normalized spacial score (nSPS) is 19.4. The number of piperidine rings is 1. The van der Waals surface area contributed by atoms with Crippen molar-refractivity contribution in [3.63, 3.8) is 0 Å². The van der Waals surface area contributed by atoms with Crippen molar-refractivity contribution in [2.45, 2.75) is 12.8 Å². The summed E-state index contributed by atoms with van der Waals surface area (Å²) in [6.45, 7) is 1.64. The zero-order valence-corrected chi connectivity index (χ0v) is 10.4. The van der Waals surface area contributed by atoms with Gasteiger partial charge in [-0.25, -0.2) is 0 Å². The van der Waals surface area contributed by atoms with E-state index >= 15 is 0 Å². The molecule has 1 aliphatic rings. The molecule has 1 aromatic heterocycles. The molecule has 1 amide bonds. The molecule has 2 heterocycles. The number of aldehydes is 1. The molecule has 1 N–H and O–H groups in total. The van der Waals surface area contributed by atoms with Gasteiger partial charge in [-0.05, 0) is 25.0 Å². The summed E-state index contributed by atoms with van der Waals surface area (Å²) in [6.07, 6.45) is 4.60. The Bertz CT molecular complexity index is 448. The van der Waals surface area contributed by atoms with Gasteiger partial charge in [0, 0.05) is 37.9 Å². The second-order valence-corrected chi connectivity index (χ2v) is 4.46. The summed E-state index contributed by atoms with van der Waals surface area (Å²) in [4.78, 5) is 28.5. The van der Waals surface area contributed by atoms with E-state index in [0.29, 0.717) is 5.69 Å². The molecule has 1 aromatic rings. The van der Waals surface area contributed by atoms with Gasteiger partial charge < -0.3 is 15.0 Å². The Morgan fingerprint density at radius 1 is 1.61 bits per heavy atom. The molecule has 5 nitrogen and oxygen atoms in total. The van der Waals surface area contributed by atoms with Gasteiger partial charge in [-0.1, -0.05) is 0 Å². The number of rotatable bonds is 3. The van der Waals surface area contributed by atoms with E-state index in [9.17, 15) is 9.59 Å². The predicted octanol–water partition coefficient (Wildman–Crippen LogP) is 0.856. The molecule has 96 valence electrons. The average molecular weight is 247 g/mol. The average Bonchev–Trinajstić information content (AvgIpc) is 2.46. The molecule has 1 atom stereocenters. The molecular weight excluding hydrogens is 230 g/mol. The van der Waals surface area contributed by atoms with Crippen molar-refractivity contribution >= 4 is 17.9 Å². The van der Waals surface area contributed by atoms with Gasteiger partial charge in [0.05, 0.1) is 0 Å². The number of pyridine rings is 1. The fourth-order valence-electron chi connectivity index (χ4n) is 2.22. The van der Waals surface area contributed by atoms with Crippen LogP contribution in [0, 0.1) is 5.92 Å². The quantitative estimate of drug-likeness (QED) is 0.805. The van der Waals surface area contributed by atoms with Gasteiger partial charge >= 0.3 is 0 Å². The van der Waals surface area contributed by atoms with Crippen molar-refractivity contribution in [3.05, 3.63) is 24.0 Å². The van der Waals surface area contributed by atoms with Crippen molar-refractivity contribution in [1.82, 2.24) is 10.3 Å². The highest BCUT2D eigenvalue weighted by molar-refractivity contribution is 5.92. The summed E-state index contributed by atoms with van der Waals surface area (Å²) < 4.78 is 0. The molecule has 0 aliphatic carbocycles.